The average molecular weight is 254 g/mol. The number of imidazole rings is 1. The number of aromatic amines is 1. The molecule has 98 valence electrons. The van der Waals surface area contributed by atoms with Crippen LogP contribution in [0.1, 0.15) is 38.2 Å². The van der Waals surface area contributed by atoms with Crippen LogP contribution in [0.25, 0.3) is 0 Å². The summed E-state index contributed by atoms with van der Waals surface area (Å²) in [6.07, 6.45) is 3.39. The van der Waals surface area contributed by atoms with Crippen molar-refractivity contribution < 1.29 is 4.74 Å². The van der Waals surface area contributed by atoms with Gasteiger partial charge in [0.1, 0.15) is 5.82 Å². The highest BCUT2D eigenvalue weighted by Crippen LogP contribution is 2.20. The molecular formula is C13H26N2OSi. The van der Waals surface area contributed by atoms with Crippen molar-refractivity contribution in [3.05, 3.63) is 11.5 Å². The zero-order chi connectivity index (χ0) is 13.1. The second-order valence-electron chi connectivity index (χ2n) is 5.84. The fraction of sp³-hybridized carbons (Fsp3) is 0.769. The predicted molar refractivity (Wildman–Crippen MR) is 75.4 cm³/mol. The Kier molecular flexibility index (Phi) is 4.80. The van der Waals surface area contributed by atoms with Crippen LogP contribution in [0.15, 0.2) is 0 Å². The molecule has 1 heterocycles. The number of nitrogens with one attached hydrogen (secondary N) is 1. The lowest BCUT2D eigenvalue weighted by molar-refractivity contribution is 0.276. The van der Waals surface area contributed by atoms with E-state index in [1.807, 2.05) is 6.92 Å². The van der Waals surface area contributed by atoms with Crippen LogP contribution in [0, 0.1) is 6.92 Å². The van der Waals surface area contributed by atoms with Gasteiger partial charge >= 0.3 is 0 Å². The average Bonchev–Trinajstić information content (AvgIpc) is 2.55. The summed E-state index contributed by atoms with van der Waals surface area (Å²) < 4.78 is 5.99. The minimum atomic E-state index is -1.26. The van der Waals surface area contributed by atoms with Crippen LogP contribution in [-0.2, 0) is 6.42 Å². The number of rotatable bonds is 6. The summed E-state index contributed by atoms with van der Waals surface area (Å²) in [7, 11) is -1.26. The quantitative estimate of drug-likeness (QED) is 0.786. The highest BCUT2D eigenvalue weighted by molar-refractivity contribution is 6.77. The van der Waals surface area contributed by atoms with Gasteiger partial charge in [-0.25, -0.2) is 0 Å². The minimum absolute atomic E-state index is 0.295. The first kappa shape index (κ1) is 14.3. The Morgan fingerprint density at radius 1 is 1.35 bits per heavy atom. The molecule has 0 radical (unpaired) electrons. The van der Waals surface area contributed by atoms with Crippen LogP contribution in [-0.4, -0.2) is 23.8 Å². The highest BCUT2D eigenvalue weighted by atomic mass is 28.3. The van der Waals surface area contributed by atoms with Crippen LogP contribution in [0.3, 0.4) is 0 Å². The van der Waals surface area contributed by atoms with E-state index in [2.05, 4.69) is 43.5 Å². The molecule has 0 bridgehead atoms. The Morgan fingerprint density at radius 3 is 2.53 bits per heavy atom. The van der Waals surface area contributed by atoms with Crippen molar-refractivity contribution in [2.24, 2.45) is 0 Å². The smallest absolute Gasteiger partial charge is 0.234 e. The van der Waals surface area contributed by atoms with E-state index in [0.717, 1.165) is 23.8 Å². The molecule has 1 unspecified atom stereocenters. The van der Waals surface area contributed by atoms with Crippen LogP contribution in [0.5, 0.6) is 5.88 Å². The van der Waals surface area contributed by atoms with Crippen molar-refractivity contribution >= 4 is 8.07 Å². The number of hydrogen-bond donors (Lipinski definition) is 1. The van der Waals surface area contributed by atoms with Gasteiger partial charge in [-0.1, -0.05) is 33.0 Å². The summed E-state index contributed by atoms with van der Waals surface area (Å²) in [5, 5.41) is 0. The van der Waals surface area contributed by atoms with Crippen LogP contribution in [0.2, 0.25) is 19.6 Å². The Hall–Kier alpha value is -0.773. The minimum Gasteiger partial charge on any atom is -0.477 e. The van der Waals surface area contributed by atoms with E-state index in [9.17, 15) is 0 Å². The Labute approximate surface area is 106 Å². The summed E-state index contributed by atoms with van der Waals surface area (Å²) in [5.41, 5.74) is 1.35. The molecule has 17 heavy (non-hydrogen) atoms. The molecule has 4 heteroatoms. The molecule has 0 saturated carbocycles. The van der Waals surface area contributed by atoms with Crippen molar-refractivity contribution in [2.45, 2.75) is 65.4 Å². The van der Waals surface area contributed by atoms with Gasteiger partial charge in [0.2, 0.25) is 5.88 Å². The highest BCUT2D eigenvalue weighted by Gasteiger charge is 2.25. The maximum absolute atomic E-state index is 5.99. The van der Waals surface area contributed by atoms with Crippen LogP contribution >= 0.6 is 0 Å². The SMILES string of the molecule is CCCCc1nc(OC(C)[Si](C)(C)C)c(C)[nH]1. The van der Waals surface area contributed by atoms with E-state index in [1.165, 1.54) is 12.8 Å². The first-order valence-electron chi connectivity index (χ1n) is 6.56. The number of ether oxygens (including phenoxy) is 1. The fourth-order valence-corrected chi connectivity index (χ4v) is 1.89. The molecule has 0 fully saturated rings. The maximum atomic E-state index is 5.99. The van der Waals surface area contributed by atoms with Crippen molar-refractivity contribution in [2.75, 3.05) is 0 Å². The second kappa shape index (κ2) is 5.71. The molecule has 0 spiro atoms. The van der Waals surface area contributed by atoms with Crippen molar-refractivity contribution in [1.29, 1.82) is 0 Å². The molecule has 3 nitrogen and oxygen atoms in total. The largest absolute Gasteiger partial charge is 0.477 e. The lowest BCUT2D eigenvalue weighted by Crippen LogP contribution is -2.40. The molecule has 0 saturated heterocycles. The second-order valence-corrected chi connectivity index (χ2v) is 11.4. The van der Waals surface area contributed by atoms with Crippen LogP contribution < -0.4 is 4.74 Å². The van der Waals surface area contributed by atoms with Gasteiger partial charge in [-0.15, -0.1) is 0 Å². The molecule has 0 aliphatic heterocycles. The van der Waals surface area contributed by atoms with E-state index in [1.54, 1.807) is 0 Å². The van der Waals surface area contributed by atoms with E-state index in [4.69, 9.17) is 4.74 Å². The Bertz CT molecular complexity index is 355. The number of nitrogens with zero attached hydrogens (tertiary/aromatic N) is 1. The summed E-state index contributed by atoms with van der Waals surface area (Å²) in [4.78, 5) is 7.86. The first-order chi connectivity index (χ1) is 7.84. The third-order valence-electron chi connectivity index (χ3n) is 3.16. The van der Waals surface area contributed by atoms with Gasteiger partial charge < -0.3 is 9.72 Å². The summed E-state index contributed by atoms with van der Waals surface area (Å²) in [6.45, 7) is 13.3. The molecule has 0 aromatic carbocycles. The zero-order valence-electron chi connectivity index (χ0n) is 12.1. The van der Waals surface area contributed by atoms with Crippen molar-refractivity contribution in [3.8, 4) is 5.88 Å². The number of H-pyrrole nitrogens is 1. The van der Waals surface area contributed by atoms with Gasteiger partial charge in [-0.3, -0.25) is 0 Å². The molecule has 0 aliphatic rings. The van der Waals surface area contributed by atoms with Gasteiger partial charge in [0.15, 0.2) is 0 Å². The summed E-state index contributed by atoms with van der Waals surface area (Å²) in [5.74, 6) is 1.85. The van der Waals surface area contributed by atoms with Gasteiger partial charge in [-0.2, -0.15) is 4.98 Å². The Balaban J connectivity index is 2.68. The fourth-order valence-electron chi connectivity index (χ4n) is 1.43. The van der Waals surface area contributed by atoms with Crippen molar-refractivity contribution in [3.63, 3.8) is 0 Å². The molecular weight excluding hydrogens is 228 g/mol. The van der Waals surface area contributed by atoms with E-state index >= 15 is 0 Å². The van der Waals surface area contributed by atoms with E-state index in [0.29, 0.717) is 5.73 Å². The first-order valence-corrected chi connectivity index (χ1v) is 10.1. The lowest BCUT2D eigenvalue weighted by Gasteiger charge is -2.25. The number of unbranched alkanes of at least 4 members (excludes halogenated alkanes) is 1. The zero-order valence-corrected chi connectivity index (χ0v) is 13.1. The summed E-state index contributed by atoms with van der Waals surface area (Å²) >= 11 is 0. The molecule has 1 aromatic rings. The molecule has 0 aliphatic carbocycles. The van der Waals surface area contributed by atoms with Gasteiger partial charge in [0, 0.05) is 6.42 Å². The number of hydrogen-bond acceptors (Lipinski definition) is 2. The van der Waals surface area contributed by atoms with Gasteiger partial charge in [0.05, 0.1) is 19.5 Å². The normalized spacial score (nSPS) is 13.8. The third kappa shape index (κ3) is 4.19. The molecule has 1 N–H and O–H groups in total. The monoisotopic (exact) mass is 254 g/mol. The topological polar surface area (TPSA) is 37.9 Å². The Morgan fingerprint density at radius 2 is 2.00 bits per heavy atom. The number of aryl methyl sites for hydroxylation is 2. The predicted octanol–water partition coefficient (Wildman–Crippen LogP) is 3.71. The van der Waals surface area contributed by atoms with Gasteiger partial charge in [0.25, 0.3) is 0 Å². The molecule has 1 rings (SSSR count). The lowest BCUT2D eigenvalue weighted by atomic mass is 10.2. The van der Waals surface area contributed by atoms with Crippen molar-refractivity contribution in [1.82, 2.24) is 9.97 Å². The third-order valence-corrected chi connectivity index (χ3v) is 5.72. The van der Waals surface area contributed by atoms with E-state index in [-0.39, 0.29) is 0 Å². The molecule has 0 amide bonds. The number of aromatic nitrogens is 2. The van der Waals surface area contributed by atoms with Crippen LogP contribution in [0.4, 0.5) is 0 Å². The summed E-state index contributed by atoms with van der Waals surface area (Å²) in [6, 6.07) is 0. The molecule has 1 aromatic heterocycles. The van der Waals surface area contributed by atoms with Gasteiger partial charge in [-0.05, 0) is 20.3 Å². The molecule has 1 atom stereocenters. The van der Waals surface area contributed by atoms with E-state index < -0.39 is 8.07 Å². The standard InChI is InChI=1S/C13H26N2OSi/c1-7-8-9-12-14-10(2)13(15-12)16-11(3)17(4,5)6/h11H,7-9H2,1-6H3,(H,14,15). The maximum Gasteiger partial charge on any atom is 0.234 e.